The summed E-state index contributed by atoms with van der Waals surface area (Å²) in [5, 5.41) is 2.52. The van der Waals surface area contributed by atoms with Crippen molar-refractivity contribution in [2.45, 2.75) is 38.1 Å². The van der Waals surface area contributed by atoms with Gasteiger partial charge in [0.15, 0.2) is 0 Å². The summed E-state index contributed by atoms with van der Waals surface area (Å²) < 4.78 is 15.3. The molecule has 0 amide bonds. The van der Waals surface area contributed by atoms with E-state index in [1.165, 1.54) is 13.5 Å². The van der Waals surface area contributed by atoms with Gasteiger partial charge in [0.2, 0.25) is 7.75 Å². The molecule has 1 aliphatic rings. The molecule has 0 bridgehead atoms. The Morgan fingerprint density at radius 1 is 1.38 bits per heavy atom. The second-order valence-corrected chi connectivity index (χ2v) is 4.76. The maximum atomic E-state index is 11.0. The van der Waals surface area contributed by atoms with Crippen LogP contribution >= 0.6 is 7.75 Å². The largest absolute Gasteiger partial charge is 1.00 e. The molecule has 1 rings (SSSR count). The van der Waals surface area contributed by atoms with Crippen LogP contribution in [-0.4, -0.2) is 13.2 Å². The summed E-state index contributed by atoms with van der Waals surface area (Å²) >= 11 is 0. The summed E-state index contributed by atoms with van der Waals surface area (Å²) in [4.78, 5) is 11.0. The van der Waals surface area contributed by atoms with Crippen LogP contribution < -0.4 is 61.4 Å². The zero-order valence-electron chi connectivity index (χ0n) is 8.28. The number of hydrogen-bond donors (Lipinski definition) is 1. The average molecular weight is 231 g/mol. The Balaban J connectivity index is 0.00000144. The van der Waals surface area contributed by atoms with Gasteiger partial charge in [-0.2, -0.15) is 0 Å². The second kappa shape index (κ2) is 7.09. The van der Waals surface area contributed by atoms with Gasteiger partial charge in [-0.15, -0.1) is 0 Å². The summed E-state index contributed by atoms with van der Waals surface area (Å²) in [6, 6.07) is 0.0991. The Bertz CT molecular complexity index is 185. The van der Waals surface area contributed by atoms with Crippen molar-refractivity contribution in [1.82, 2.24) is 5.09 Å². The van der Waals surface area contributed by atoms with Crippen LogP contribution in [0.4, 0.5) is 0 Å². The van der Waals surface area contributed by atoms with Gasteiger partial charge >= 0.3 is 51.4 Å². The fourth-order valence-electron chi connectivity index (χ4n) is 1.51. The van der Waals surface area contributed by atoms with Crippen molar-refractivity contribution in [2.24, 2.45) is 0 Å². The molecule has 1 fully saturated rings. The predicted molar refractivity (Wildman–Crippen MR) is 44.6 cm³/mol. The van der Waals surface area contributed by atoms with Gasteiger partial charge in [0, 0.05) is 13.2 Å². The molecule has 4 nitrogen and oxygen atoms in total. The van der Waals surface area contributed by atoms with Crippen molar-refractivity contribution in [2.75, 3.05) is 7.11 Å². The first-order valence-electron chi connectivity index (χ1n) is 4.28. The van der Waals surface area contributed by atoms with Crippen LogP contribution in [0.5, 0.6) is 0 Å². The van der Waals surface area contributed by atoms with Crippen molar-refractivity contribution in [3.63, 3.8) is 0 Å². The molecule has 0 aromatic heterocycles. The molecule has 0 heterocycles. The molecule has 1 atom stereocenters. The third-order valence-electron chi connectivity index (χ3n) is 2.19. The summed E-state index contributed by atoms with van der Waals surface area (Å²) in [6.07, 6.45) is 5.32. The molecular weight excluding hydrogens is 216 g/mol. The van der Waals surface area contributed by atoms with Gasteiger partial charge in [-0.05, 0) is 12.8 Å². The average Bonchev–Trinajstić information content (AvgIpc) is 2.06. The third kappa shape index (κ3) is 6.02. The van der Waals surface area contributed by atoms with E-state index in [4.69, 9.17) is 0 Å². The molecule has 1 N–H and O–H groups in total. The minimum atomic E-state index is -3.74. The Morgan fingerprint density at radius 3 is 2.38 bits per heavy atom. The quantitative estimate of drug-likeness (QED) is 0.452. The second-order valence-electron chi connectivity index (χ2n) is 3.14. The van der Waals surface area contributed by atoms with Crippen LogP contribution in [0.2, 0.25) is 0 Å². The van der Waals surface area contributed by atoms with E-state index in [0.717, 1.165) is 25.7 Å². The summed E-state index contributed by atoms with van der Waals surface area (Å²) in [6.45, 7) is 0. The third-order valence-corrected chi connectivity index (χ3v) is 3.35. The molecule has 6 heteroatoms. The van der Waals surface area contributed by atoms with Crippen molar-refractivity contribution in [1.29, 1.82) is 0 Å². The molecule has 72 valence electrons. The van der Waals surface area contributed by atoms with E-state index in [-0.39, 0.29) is 57.4 Å². The zero-order valence-corrected chi connectivity index (χ0v) is 12.3. The van der Waals surface area contributed by atoms with Crippen LogP contribution in [0.25, 0.3) is 0 Å². The first-order chi connectivity index (χ1) is 5.64. The van der Waals surface area contributed by atoms with Crippen molar-refractivity contribution in [3.05, 3.63) is 0 Å². The summed E-state index contributed by atoms with van der Waals surface area (Å²) in [5.74, 6) is 0. The van der Waals surface area contributed by atoms with E-state index in [9.17, 15) is 9.46 Å². The van der Waals surface area contributed by atoms with Crippen molar-refractivity contribution >= 4 is 7.75 Å². The van der Waals surface area contributed by atoms with Gasteiger partial charge in [0.05, 0.1) is 0 Å². The molecule has 0 aromatic carbocycles. The van der Waals surface area contributed by atoms with Gasteiger partial charge in [0.25, 0.3) is 0 Å². The van der Waals surface area contributed by atoms with Crippen LogP contribution in [0, 0.1) is 0 Å². The van der Waals surface area contributed by atoms with E-state index in [2.05, 4.69) is 9.61 Å². The normalized spacial score (nSPS) is 23.2. The molecule has 1 aliphatic carbocycles. The molecule has 0 radical (unpaired) electrons. The fraction of sp³-hybridized carbons (Fsp3) is 1.00. The zero-order chi connectivity index (χ0) is 9.03. The molecular formula is C7H15KNO3P. The maximum absolute atomic E-state index is 11.0. The van der Waals surface area contributed by atoms with E-state index in [1.807, 2.05) is 0 Å². The topological polar surface area (TPSA) is 61.4 Å². The van der Waals surface area contributed by atoms with Gasteiger partial charge in [-0.3, -0.25) is 9.65 Å². The Morgan fingerprint density at radius 2 is 1.92 bits per heavy atom. The Hall–Kier alpha value is 1.75. The minimum absolute atomic E-state index is 0. The van der Waals surface area contributed by atoms with Crippen LogP contribution in [0.3, 0.4) is 0 Å². The first kappa shape index (κ1) is 14.7. The van der Waals surface area contributed by atoms with Crippen molar-refractivity contribution < 1.29 is 65.4 Å². The van der Waals surface area contributed by atoms with E-state index in [0.29, 0.717) is 0 Å². The standard InChI is InChI=1S/C7H16NO3P.K/c1-11-12(9,10)8-7-5-3-2-4-6-7;/h7H,2-6H2,1H3,(H2,8,9,10);/q;+1/p-1. The Labute approximate surface area is 122 Å². The van der Waals surface area contributed by atoms with Crippen LogP contribution in [0.15, 0.2) is 0 Å². The molecule has 0 spiro atoms. The smallest absolute Gasteiger partial charge is 0.766 e. The van der Waals surface area contributed by atoms with Crippen LogP contribution in [0.1, 0.15) is 32.1 Å². The predicted octanol–water partition coefficient (Wildman–Crippen LogP) is -1.97. The van der Waals surface area contributed by atoms with E-state index in [1.54, 1.807) is 0 Å². The van der Waals surface area contributed by atoms with E-state index < -0.39 is 7.75 Å². The minimum Gasteiger partial charge on any atom is -0.766 e. The van der Waals surface area contributed by atoms with Gasteiger partial charge < -0.3 is 9.42 Å². The fourth-order valence-corrected chi connectivity index (χ4v) is 2.32. The summed E-state index contributed by atoms with van der Waals surface area (Å²) in [7, 11) is -2.56. The molecule has 0 aliphatic heterocycles. The molecule has 13 heavy (non-hydrogen) atoms. The van der Waals surface area contributed by atoms with E-state index >= 15 is 0 Å². The first-order valence-corrected chi connectivity index (χ1v) is 5.83. The monoisotopic (exact) mass is 231 g/mol. The molecule has 1 unspecified atom stereocenters. The van der Waals surface area contributed by atoms with Gasteiger partial charge in [-0.1, -0.05) is 19.3 Å². The Kier molecular flexibility index (Phi) is 8.04. The van der Waals surface area contributed by atoms with Gasteiger partial charge in [-0.25, -0.2) is 0 Å². The maximum Gasteiger partial charge on any atom is 1.00 e. The number of hydrogen-bond acceptors (Lipinski definition) is 3. The molecule has 0 saturated heterocycles. The molecule has 1 saturated carbocycles. The van der Waals surface area contributed by atoms with Crippen molar-refractivity contribution in [3.8, 4) is 0 Å². The number of rotatable bonds is 3. The van der Waals surface area contributed by atoms with Crippen LogP contribution in [-0.2, 0) is 9.09 Å². The summed E-state index contributed by atoms with van der Waals surface area (Å²) in [5.41, 5.74) is 0. The SMILES string of the molecule is COP(=O)([O-])NC1CCCCC1.[K+]. The van der Waals surface area contributed by atoms with Gasteiger partial charge in [0.1, 0.15) is 0 Å². The number of nitrogens with one attached hydrogen (secondary N) is 1. The molecule has 0 aromatic rings.